The highest BCUT2D eigenvalue weighted by atomic mass is 32.2. The number of anilines is 1. The Morgan fingerprint density at radius 3 is 2.73 bits per heavy atom. The van der Waals surface area contributed by atoms with Crippen molar-refractivity contribution < 1.29 is 9.59 Å². The monoisotopic (exact) mass is 220 g/mol. The third-order valence-electron chi connectivity index (χ3n) is 1.85. The number of hydrogen-bond donors (Lipinski definition) is 2. The average Bonchev–Trinajstić information content (AvgIpc) is 2.45. The highest BCUT2D eigenvalue weighted by molar-refractivity contribution is 8.18. The highest BCUT2D eigenvalue weighted by Crippen LogP contribution is 2.25. The van der Waals surface area contributed by atoms with Gasteiger partial charge in [-0.2, -0.15) is 0 Å². The maximum absolute atomic E-state index is 11.2. The number of carbonyl (C=O) groups is 2. The lowest BCUT2D eigenvalue weighted by Gasteiger charge is -1.96. The van der Waals surface area contributed by atoms with E-state index in [0.717, 1.165) is 17.3 Å². The van der Waals surface area contributed by atoms with Crippen LogP contribution in [0.4, 0.5) is 10.5 Å². The fourth-order valence-electron chi connectivity index (χ4n) is 1.22. The van der Waals surface area contributed by atoms with Gasteiger partial charge in [-0.1, -0.05) is 12.1 Å². The van der Waals surface area contributed by atoms with Crippen LogP contribution in [-0.2, 0) is 4.79 Å². The maximum Gasteiger partial charge on any atom is 0.290 e. The van der Waals surface area contributed by atoms with Gasteiger partial charge in [-0.15, -0.1) is 0 Å². The van der Waals surface area contributed by atoms with Crippen LogP contribution < -0.4 is 11.1 Å². The molecule has 4 nitrogen and oxygen atoms in total. The topological polar surface area (TPSA) is 72.2 Å². The Labute approximate surface area is 90.5 Å². The van der Waals surface area contributed by atoms with Crippen LogP contribution in [0.15, 0.2) is 29.2 Å². The zero-order chi connectivity index (χ0) is 10.8. The van der Waals surface area contributed by atoms with Crippen molar-refractivity contribution >= 4 is 34.7 Å². The smallest absolute Gasteiger partial charge is 0.290 e. The van der Waals surface area contributed by atoms with Gasteiger partial charge in [-0.3, -0.25) is 14.9 Å². The molecule has 0 radical (unpaired) electrons. The largest absolute Gasteiger partial charge is 0.399 e. The Bertz CT molecular complexity index is 468. The summed E-state index contributed by atoms with van der Waals surface area (Å²) < 4.78 is 0. The van der Waals surface area contributed by atoms with Gasteiger partial charge in [0, 0.05) is 5.69 Å². The van der Waals surface area contributed by atoms with Crippen molar-refractivity contribution in [1.29, 1.82) is 0 Å². The van der Waals surface area contributed by atoms with Crippen LogP contribution in [0.25, 0.3) is 6.08 Å². The quantitative estimate of drug-likeness (QED) is 0.557. The molecule has 0 atom stereocenters. The van der Waals surface area contributed by atoms with E-state index < -0.39 is 0 Å². The summed E-state index contributed by atoms with van der Waals surface area (Å²) in [4.78, 5) is 22.5. The van der Waals surface area contributed by atoms with Gasteiger partial charge in [-0.25, -0.2) is 0 Å². The molecule has 3 N–H and O–H groups in total. The number of imide groups is 1. The standard InChI is InChI=1S/C10H8N2O2S/c11-7-3-1-2-6(4-7)5-8-9(13)12-10(14)15-8/h1-5H,11H2,(H,12,13,14). The first kappa shape index (κ1) is 9.79. The molecule has 1 heterocycles. The van der Waals surface area contributed by atoms with E-state index in [1.807, 2.05) is 6.07 Å². The summed E-state index contributed by atoms with van der Waals surface area (Å²) in [5.74, 6) is -0.354. The Balaban J connectivity index is 2.31. The Kier molecular flexibility index (Phi) is 2.47. The molecule has 1 aliphatic rings. The lowest BCUT2D eigenvalue weighted by Crippen LogP contribution is -2.17. The van der Waals surface area contributed by atoms with Crippen molar-refractivity contribution in [2.24, 2.45) is 0 Å². The number of hydrogen-bond acceptors (Lipinski definition) is 4. The third-order valence-corrected chi connectivity index (χ3v) is 2.66. The van der Waals surface area contributed by atoms with Crippen LogP contribution in [0.1, 0.15) is 5.56 Å². The average molecular weight is 220 g/mol. The van der Waals surface area contributed by atoms with E-state index >= 15 is 0 Å². The van der Waals surface area contributed by atoms with Gasteiger partial charge in [0.2, 0.25) is 0 Å². The summed E-state index contributed by atoms with van der Waals surface area (Å²) in [5.41, 5.74) is 7.02. The zero-order valence-corrected chi connectivity index (χ0v) is 8.51. The number of carbonyl (C=O) groups excluding carboxylic acids is 2. The Morgan fingerprint density at radius 2 is 2.13 bits per heavy atom. The van der Waals surface area contributed by atoms with E-state index in [1.165, 1.54) is 0 Å². The minimum atomic E-state index is -0.354. The number of benzene rings is 1. The molecule has 1 fully saturated rings. The summed E-state index contributed by atoms with van der Waals surface area (Å²) >= 11 is 0.895. The number of thioether (sulfide) groups is 1. The molecule has 0 saturated carbocycles. The van der Waals surface area contributed by atoms with Gasteiger partial charge in [0.15, 0.2) is 0 Å². The molecule has 2 rings (SSSR count). The second-order valence-electron chi connectivity index (χ2n) is 3.02. The SMILES string of the molecule is Nc1cccc(C=C2SC(=O)NC2=O)c1. The third kappa shape index (κ3) is 2.19. The summed E-state index contributed by atoms with van der Waals surface area (Å²) in [6.07, 6.45) is 1.64. The van der Waals surface area contributed by atoms with Gasteiger partial charge >= 0.3 is 0 Å². The minimum Gasteiger partial charge on any atom is -0.399 e. The molecule has 5 heteroatoms. The molecular weight excluding hydrogens is 212 g/mol. The molecule has 0 bridgehead atoms. The van der Waals surface area contributed by atoms with Crippen molar-refractivity contribution in [2.75, 3.05) is 5.73 Å². The second-order valence-corrected chi connectivity index (χ2v) is 4.04. The molecule has 0 aliphatic carbocycles. The van der Waals surface area contributed by atoms with E-state index in [4.69, 9.17) is 5.73 Å². The number of nitrogen functional groups attached to an aromatic ring is 1. The number of nitrogens with one attached hydrogen (secondary N) is 1. The molecule has 0 spiro atoms. The first-order valence-electron chi connectivity index (χ1n) is 4.25. The van der Waals surface area contributed by atoms with Gasteiger partial charge in [-0.05, 0) is 35.5 Å². The first-order chi connectivity index (χ1) is 7.15. The predicted octanol–water partition coefficient (Wildman–Crippen LogP) is 1.59. The van der Waals surface area contributed by atoms with Crippen LogP contribution in [-0.4, -0.2) is 11.1 Å². The molecular formula is C10H8N2O2S. The molecule has 0 unspecified atom stereocenters. The van der Waals surface area contributed by atoms with Crippen LogP contribution in [0, 0.1) is 0 Å². The molecule has 1 aliphatic heterocycles. The van der Waals surface area contributed by atoms with Crippen LogP contribution in [0.2, 0.25) is 0 Å². The van der Waals surface area contributed by atoms with Crippen LogP contribution in [0.5, 0.6) is 0 Å². The summed E-state index contributed by atoms with van der Waals surface area (Å²) in [5, 5.41) is 1.85. The number of rotatable bonds is 1. The summed E-state index contributed by atoms with van der Waals surface area (Å²) in [6, 6.07) is 7.11. The van der Waals surface area contributed by atoms with Crippen molar-refractivity contribution in [1.82, 2.24) is 5.32 Å². The number of amides is 2. The van der Waals surface area contributed by atoms with E-state index in [1.54, 1.807) is 24.3 Å². The molecule has 76 valence electrons. The van der Waals surface area contributed by atoms with Crippen molar-refractivity contribution in [3.05, 3.63) is 34.7 Å². The number of nitrogens with two attached hydrogens (primary N) is 1. The Hall–Kier alpha value is -1.75. The second kappa shape index (κ2) is 3.78. The van der Waals surface area contributed by atoms with Gasteiger partial charge in [0.1, 0.15) is 0 Å². The predicted molar refractivity (Wildman–Crippen MR) is 60.0 cm³/mol. The molecule has 0 aromatic heterocycles. The lowest BCUT2D eigenvalue weighted by atomic mass is 10.2. The normalized spacial score (nSPS) is 18.3. The summed E-state index contributed by atoms with van der Waals surface area (Å²) in [6.45, 7) is 0. The van der Waals surface area contributed by atoms with E-state index in [2.05, 4.69) is 5.32 Å². The van der Waals surface area contributed by atoms with Crippen molar-refractivity contribution in [2.45, 2.75) is 0 Å². The van der Waals surface area contributed by atoms with E-state index in [0.29, 0.717) is 10.6 Å². The molecule has 1 saturated heterocycles. The highest BCUT2D eigenvalue weighted by Gasteiger charge is 2.24. The molecule has 1 aromatic carbocycles. The van der Waals surface area contributed by atoms with Crippen molar-refractivity contribution in [3.63, 3.8) is 0 Å². The van der Waals surface area contributed by atoms with Crippen LogP contribution >= 0.6 is 11.8 Å². The van der Waals surface area contributed by atoms with Gasteiger partial charge < -0.3 is 5.73 Å². The molecule has 1 aromatic rings. The van der Waals surface area contributed by atoms with E-state index in [-0.39, 0.29) is 11.1 Å². The zero-order valence-electron chi connectivity index (χ0n) is 7.69. The minimum absolute atomic E-state index is 0.338. The van der Waals surface area contributed by atoms with Crippen molar-refractivity contribution in [3.8, 4) is 0 Å². The van der Waals surface area contributed by atoms with E-state index in [9.17, 15) is 9.59 Å². The lowest BCUT2D eigenvalue weighted by molar-refractivity contribution is -0.115. The molecule has 2 amide bonds. The van der Waals surface area contributed by atoms with Gasteiger partial charge in [0.05, 0.1) is 4.91 Å². The summed E-state index contributed by atoms with van der Waals surface area (Å²) in [7, 11) is 0. The first-order valence-corrected chi connectivity index (χ1v) is 5.07. The van der Waals surface area contributed by atoms with Crippen LogP contribution in [0.3, 0.4) is 0 Å². The fourth-order valence-corrected chi connectivity index (χ4v) is 1.90. The molecule has 15 heavy (non-hydrogen) atoms. The van der Waals surface area contributed by atoms with Gasteiger partial charge in [0.25, 0.3) is 11.1 Å². The maximum atomic E-state index is 11.2. The fraction of sp³-hybridized carbons (Fsp3) is 0. The Morgan fingerprint density at radius 1 is 1.33 bits per heavy atom.